The standard InChI is InChI=1S/C14H18BrN3/c1-17-8-3-9-18(14(11-17)6-7-16)13-5-2-4-12(15)10-13/h2,4-5,10,14H,3,6,8-9,11H2,1H3. The largest absolute Gasteiger partial charge is 0.366 e. The summed E-state index contributed by atoms with van der Waals surface area (Å²) < 4.78 is 1.09. The van der Waals surface area contributed by atoms with Crippen molar-refractivity contribution in [1.82, 2.24) is 4.90 Å². The molecule has 3 nitrogen and oxygen atoms in total. The van der Waals surface area contributed by atoms with Gasteiger partial charge in [-0.1, -0.05) is 22.0 Å². The van der Waals surface area contributed by atoms with E-state index in [2.05, 4.69) is 57.0 Å². The molecule has 1 aliphatic heterocycles. The molecule has 0 aromatic heterocycles. The first-order chi connectivity index (χ1) is 8.70. The van der Waals surface area contributed by atoms with Gasteiger partial charge in [-0.15, -0.1) is 0 Å². The van der Waals surface area contributed by atoms with Crippen LogP contribution in [0, 0.1) is 11.3 Å². The lowest BCUT2D eigenvalue weighted by molar-refractivity contribution is 0.332. The number of halogens is 1. The van der Waals surface area contributed by atoms with Crippen molar-refractivity contribution < 1.29 is 0 Å². The molecule has 4 heteroatoms. The SMILES string of the molecule is CN1CCCN(c2cccc(Br)c2)C(CC#N)C1. The van der Waals surface area contributed by atoms with E-state index in [4.69, 9.17) is 5.26 Å². The minimum Gasteiger partial charge on any atom is -0.366 e. The third-order valence-electron chi connectivity index (χ3n) is 3.37. The van der Waals surface area contributed by atoms with Crippen LogP contribution in [-0.2, 0) is 0 Å². The molecule has 0 spiro atoms. The highest BCUT2D eigenvalue weighted by molar-refractivity contribution is 9.10. The molecule has 2 rings (SSSR count). The summed E-state index contributed by atoms with van der Waals surface area (Å²) >= 11 is 3.52. The third-order valence-corrected chi connectivity index (χ3v) is 3.86. The Labute approximate surface area is 117 Å². The first kappa shape index (κ1) is 13.4. The first-order valence-corrected chi connectivity index (χ1v) is 7.07. The Morgan fingerprint density at radius 2 is 2.28 bits per heavy atom. The molecule has 1 aromatic carbocycles. The van der Waals surface area contributed by atoms with Crippen LogP contribution in [0.2, 0.25) is 0 Å². The van der Waals surface area contributed by atoms with Crippen molar-refractivity contribution in [2.75, 3.05) is 31.6 Å². The van der Waals surface area contributed by atoms with Gasteiger partial charge in [0.25, 0.3) is 0 Å². The second-order valence-corrected chi connectivity index (χ2v) is 5.72. The molecule has 1 atom stereocenters. The van der Waals surface area contributed by atoms with Crippen LogP contribution in [0.1, 0.15) is 12.8 Å². The van der Waals surface area contributed by atoms with Gasteiger partial charge in [0.05, 0.1) is 18.5 Å². The van der Waals surface area contributed by atoms with Gasteiger partial charge in [-0.25, -0.2) is 0 Å². The summed E-state index contributed by atoms with van der Waals surface area (Å²) in [4.78, 5) is 4.69. The minimum atomic E-state index is 0.289. The highest BCUT2D eigenvalue weighted by atomic mass is 79.9. The Bertz CT molecular complexity index is 441. The van der Waals surface area contributed by atoms with Gasteiger partial charge in [0.15, 0.2) is 0 Å². The van der Waals surface area contributed by atoms with E-state index in [0.29, 0.717) is 6.42 Å². The van der Waals surface area contributed by atoms with Gasteiger partial charge in [0.2, 0.25) is 0 Å². The third kappa shape index (κ3) is 3.24. The molecule has 0 bridgehead atoms. The molecule has 1 aromatic rings. The molecule has 1 unspecified atom stereocenters. The van der Waals surface area contributed by atoms with E-state index in [0.717, 1.165) is 30.5 Å². The van der Waals surface area contributed by atoms with Crippen molar-refractivity contribution in [2.45, 2.75) is 18.9 Å². The number of hydrogen-bond donors (Lipinski definition) is 0. The predicted molar refractivity (Wildman–Crippen MR) is 77.6 cm³/mol. The molecule has 96 valence electrons. The smallest absolute Gasteiger partial charge is 0.0643 e. The molecule has 18 heavy (non-hydrogen) atoms. The van der Waals surface area contributed by atoms with E-state index in [-0.39, 0.29) is 6.04 Å². The molecule has 1 fully saturated rings. The van der Waals surface area contributed by atoms with Crippen molar-refractivity contribution in [2.24, 2.45) is 0 Å². The van der Waals surface area contributed by atoms with E-state index in [1.165, 1.54) is 5.69 Å². The number of nitriles is 1. The average molecular weight is 308 g/mol. The summed E-state index contributed by atoms with van der Waals surface area (Å²) in [5.41, 5.74) is 1.21. The molecule has 0 amide bonds. The van der Waals surface area contributed by atoms with Gasteiger partial charge >= 0.3 is 0 Å². The molecule has 1 heterocycles. The molecule has 1 aliphatic rings. The lowest BCUT2D eigenvalue weighted by atomic mass is 10.1. The normalized spacial score (nSPS) is 21.4. The number of benzene rings is 1. The Morgan fingerprint density at radius 3 is 3.00 bits per heavy atom. The number of likely N-dealkylation sites (N-methyl/N-ethyl adjacent to an activating group) is 1. The van der Waals surface area contributed by atoms with E-state index >= 15 is 0 Å². The van der Waals surface area contributed by atoms with Crippen molar-refractivity contribution in [3.05, 3.63) is 28.7 Å². The number of rotatable bonds is 2. The molecular formula is C14H18BrN3. The lowest BCUT2D eigenvalue weighted by Gasteiger charge is -2.31. The fourth-order valence-corrected chi connectivity index (χ4v) is 2.91. The van der Waals surface area contributed by atoms with Gasteiger partial charge in [0.1, 0.15) is 0 Å². The molecule has 1 saturated heterocycles. The van der Waals surface area contributed by atoms with Crippen LogP contribution in [-0.4, -0.2) is 37.6 Å². The number of anilines is 1. The Hall–Kier alpha value is -1.05. The highest BCUT2D eigenvalue weighted by Gasteiger charge is 2.23. The van der Waals surface area contributed by atoms with E-state index < -0.39 is 0 Å². The van der Waals surface area contributed by atoms with E-state index in [1.807, 2.05) is 6.07 Å². The van der Waals surface area contributed by atoms with Gasteiger partial charge < -0.3 is 9.80 Å². The van der Waals surface area contributed by atoms with Crippen LogP contribution in [0.5, 0.6) is 0 Å². The zero-order valence-corrected chi connectivity index (χ0v) is 12.2. The predicted octanol–water partition coefficient (Wildman–Crippen LogP) is 2.87. The second-order valence-electron chi connectivity index (χ2n) is 4.81. The highest BCUT2D eigenvalue weighted by Crippen LogP contribution is 2.24. The van der Waals surface area contributed by atoms with Gasteiger partial charge in [-0.3, -0.25) is 0 Å². The Balaban J connectivity index is 2.24. The lowest BCUT2D eigenvalue weighted by Crippen LogP contribution is -2.40. The summed E-state index contributed by atoms with van der Waals surface area (Å²) in [6.07, 6.45) is 1.72. The fraction of sp³-hybridized carbons (Fsp3) is 0.500. The van der Waals surface area contributed by atoms with E-state index in [9.17, 15) is 0 Å². The van der Waals surface area contributed by atoms with Crippen molar-refractivity contribution in [3.63, 3.8) is 0 Å². The zero-order valence-electron chi connectivity index (χ0n) is 10.6. The van der Waals surface area contributed by atoms with Crippen molar-refractivity contribution in [1.29, 1.82) is 5.26 Å². The van der Waals surface area contributed by atoms with Gasteiger partial charge in [-0.2, -0.15) is 5.26 Å². The fourth-order valence-electron chi connectivity index (χ4n) is 2.52. The molecule has 0 radical (unpaired) electrons. The molecule has 0 saturated carbocycles. The maximum Gasteiger partial charge on any atom is 0.0643 e. The quantitative estimate of drug-likeness (QED) is 0.841. The van der Waals surface area contributed by atoms with E-state index in [1.54, 1.807) is 0 Å². The monoisotopic (exact) mass is 307 g/mol. The van der Waals surface area contributed by atoms with Crippen LogP contribution in [0.3, 0.4) is 0 Å². The van der Waals surface area contributed by atoms with Crippen LogP contribution >= 0.6 is 15.9 Å². The van der Waals surface area contributed by atoms with Crippen LogP contribution in [0.25, 0.3) is 0 Å². The summed E-state index contributed by atoms with van der Waals surface area (Å²) in [5.74, 6) is 0. The topological polar surface area (TPSA) is 30.3 Å². The summed E-state index contributed by atoms with van der Waals surface area (Å²) in [6, 6.07) is 11.0. The van der Waals surface area contributed by atoms with Crippen LogP contribution in [0.4, 0.5) is 5.69 Å². The summed E-state index contributed by atoms with van der Waals surface area (Å²) in [6.45, 7) is 3.08. The Morgan fingerprint density at radius 1 is 1.44 bits per heavy atom. The Kier molecular flexibility index (Phi) is 4.62. The molecule has 0 aliphatic carbocycles. The summed E-state index contributed by atoms with van der Waals surface area (Å²) in [7, 11) is 2.13. The van der Waals surface area contributed by atoms with Gasteiger partial charge in [-0.05, 0) is 38.2 Å². The van der Waals surface area contributed by atoms with Crippen LogP contribution < -0.4 is 4.90 Å². The molecular weight excluding hydrogens is 290 g/mol. The maximum atomic E-state index is 9.01. The number of nitrogens with zero attached hydrogens (tertiary/aromatic N) is 3. The number of hydrogen-bond acceptors (Lipinski definition) is 3. The summed E-state index contributed by atoms with van der Waals surface area (Å²) in [5, 5.41) is 9.01. The molecule has 0 N–H and O–H groups in total. The second kappa shape index (κ2) is 6.21. The first-order valence-electron chi connectivity index (χ1n) is 6.28. The van der Waals surface area contributed by atoms with Crippen molar-refractivity contribution in [3.8, 4) is 6.07 Å². The minimum absolute atomic E-state index is 0.289. The maximum absolute atomic E-state index is 9.01. The van der Waals surface area contributed by atoms with Crippen LogP contribution in [0.15, 0.2) is 28.7 Å². The zero-order chi connectivity index (χ0) is 13.0. The van der Waals surface area contributed by atoms with Crippen molar-refractivity contribution >= 4 is 21.6 Å². The van der Waals surface area contributed by atoms with Gasteiger partial charge in [0, 0.05) is 23.2 Å². The average Bonchev–Trinajstić information content (AvgIpc) is 2.51.